The van der Waals surface area contributed by atoms with Gasteiger partial charge in [-0.05, 0) is 36.9 Å². The third kappa shape index (κ3) is 2.63. The van der Waals surface area contributed by atoms with Gasteiger partial charge in [0.05, 0.1) is 0 Å². The Morgan fingerprint density at radius 2 is 2.08 bits per heavy atom. The summed E-state index contributed by atoms with van der Waals surface area (Å²) in [5, 5.41) is 3.81. The van der Waals surface area contributed by atoms with Gasteiger partial charge in [-0.1, -0.05) is 13.8 Å². The maximum atomic E-state index is 3.81. The second-order valence-corrected chi connectivity index (χ2v) is 6.48. The SMILES string of the molecule is CC1(C)CCC(NC2CCSC2)C1. The third-order valence-electron chi connectivity index (χ3n) is 3.37. The van der Waals surface area contributed by atoms with Crippen LogP contribution in [0.3, 0.4) is 0 Å². The molecular weight excluding hydrogens is 178 g/mol. The molecule has 1 N–H and O–H groups in total. The smallest absolute Gasteiger partial charge is 0.0168 e. The standard InChI is InChI=1S/C11H21NS/c1-11(2)5-3-9(7-11)12-10-4-6-13-8-10/h9-10,12H,3-8H2,1-2H3. The fourth-order valence-corrected chi connectivity index (χ4v) is 3.74. The van der Waals surface area contributed by atoms with Crippen molar-refractivity contribution in [3.63, 3.8) is 0 Å². The molecule has 0 aromatic rings. The second-order valence-electron chi connectivity index (χ2n) is 5.33. The zero-order valence-corrected chi connectivity index (χ0v) is 9.62. The van der Waals surface area contributed by atoms with Gasteiger partial charge in [0.2, 0.25) is 0 Å². The molecule has 0 spiro atoms. The molecule has 0 aromatic heterocycles. The van der Waals surface area contributed by atoms with Crippen LogP contribution in [0.5, 0.6) is 0 Å². The Bertz CT molecular complexity index is 173. The van der Waals surface area contributed by atoms with Crippen molar-refractivity contribution in [3.8, 4) is 0 Å². The fraction of sp³-hybridized carbons (Fsp3) is 1.00. The van der Waals surface area contributed by atoms with Gasteiger partial charge in [-0.3, -0.25) is 0 Å². The van der Waals surface area contributed by atoms with Crippen LogP contribution >= 0.6 is 11.8 Å². The van der Waals surface area contributed by atoms with Crippen LogP contribution in [0.15, 0.2) is 0 Å². The summed E-state index contributed by atoms with van der Waals surface area (Å²) in [6, 6.07) is 1.64. The van der Waals surface area contributed by atoms with E-state index in [2.05, 4.69) is 30.9 Å². The topological polar surface area (TPSA) is 12.0 Å². The lowest BCUT2D eigenvalue weighted by Gasteiger charge is -2.20. The molecule has 2 atom stereocenters. The number of hydrogen-bond acceptors (Lipinski definition) is 2. The van der Waals surface area contributed by atoms with Gasteiger partial charge in [-0.25, -0.2) is 0 Å². The average Bonchev–Trinajstić information content (AvgIpc) is 2.61. The van der Waals surface area contributed by atoms with Crippen LogP contribution in [-0.4, -0.2) is 23.6 Å². The largest absolute Gasteiger partial charge is 0.310 e. The van der Waals surface area contributed by atoms with Crippen LogP contribution in [0.25, 0.3) is 0 Å². The van der Waals surface area contributed by atoms with Crippen LogP contribution < -0.4 is 5.32 Å². The Hall–Kier alpha value is 0.310. The zero-order valence-electron chi connectivity index (χ0n) is 8.81. The summed E-state index contributed by atoms with van der Waals surface area (Å²) in [5.41, 5.74) is 0.601. The van der Waals surface area contributed by atoms with E-state index in [1.807, 2.05) is 0 Å². The monoisotopic (exact) mass is 199 g/mol. The Balaban J connectivity index is 1.77. The van der Waals surface area contributed by atoms with Gasteiger partial charge in [-0.2, -0.15) is 11.8 Å². The summed E-state index contributed by atoms with van der Waals surface area (Å²) >= 11 is 2.10. The summed E-state index contributed by atoms with van der Waals surface area (Å²) < 4.78 is 0. The van der Waals surface area contributed by atoms with E-state index in [1.165, 1.54) is 37.2 Å². The first-order chi connectivity index (χ1) is 6.16. The maximum absolute atomic E-state index is 3.81. The number of hydrogen-bond donors (Lipinski definition) is 1. The van der Waals surface area contributed by atoms with Crippen molar-refractivity contribution in [2.24, 2.45) is 5.41 Å². The zero-order chi connectivity index (χ0) is 9.31. The first-order valence-corrected chi connectivity index (χ1v) is 6.65. The first kappa shape index (κ1) is 9.85. The van der Waals surface area contributed by atoms with E-state index in [1.54, 1.807) is 0 Å². The average molecular weight is 199 g/mol. The minimum absolute atomic E-state index is 0.601. The van der Waals surface area contributed by atoms with Gasteiger partial charge in [-0.15, -0.1) is 0 Å². The Kier molecular flexibility index (Phi) is 2.89. The summed E-state index contributed by atoms with van der Waals surface area (Å²) in [6.07, 6.45) is 5.58. The Morgan fingerprint density at radius 3 is 2.62 bits per heavy atom. The van der Waals surface area contributed by atoms with Crippen LogP contribution in [0.1, 0.15) is 39.5 Å². The highest BCUT2D eigenvalue weighted by Crippen LogP contribution is 2.37. The normalized spacial score (nSPS) is 38.3. The van der Waals surface area contributed by atoms with Crippen molar-refractivity contribution in [2.75, 3.05) is 11.5 Å². The van der Waals surface area contributed by atoms with Gasteiger partial charge in [0.15, 0.2) is 0 Å². The number of nitrogens with one attached hydrogen (secondary N) is 1. The quantitative estimate of drug-likeness (QED) is 0.734. The fourth-order valence-electron chi connectivity index (χ4n) is 2.58. The Morgan fingerprint density at radius 1 is 1.23 bits per heavy atom. The molecule has 2 rings (SSSR count). The lowest BCUT2D eigenvalue weighted by atomic mass is 9.92. The molecule has 0 amide bonds. The van der Waals surface area contributed by atoms with Gasteiger partial charge < -0.3 is 5.32 Å². The molecule has 0 aromatic carbocycles. The molecule has 2 unspecified atom stereocenters. The van der Waals surface area contributed by atoms with Crippen molar-refractivity contribution in [2.45, 2.75) is 51.6 Å². The highest BCUT2D eigenvalue weighted by molar-refractivity contribution is 7.99. The molecule has 1 heterocycles. The second kappa shape index (κ2) is 3.82. The van der Waals surface area contributed by atoms with Crippen molar-refractivity contribution < 1.29 is 0 Å². The molecule has 76 valence electrons. The summed E-state index contributed by atoms with van der Waals surface area (Å²) in [7, 11) is 0. The molecule has 1 saturated heterocycles. The highest BCUT2D eigenvalue weighted by Gasteiger charge is 2.32. The van der Waals surface area contributed by atoms with E-state index < -0.39 is 0 Å². The molecule has 2 fully saturated rings. The summed E-state index contributed by atoms with van der Waals surface area (Å²) in [5.74, 6) is 2.71. The third-order valence-corrected chi connectivity index (χ3v) is 4.53. The van der Waals surface area contributed by atoms with Gasteiger partial charge >= 0.3 is 0 Å². The lowest BCUT2D eigenvalue weighted by Crippen LogP contribution is -2.37. The van der Waals surface area contributed by atoms with Crippen LogP contribution in [0.2, 0.25) is 0 Å². The predicted octanol–water partition coefficient (Wildman–Crippen LogP) is 2.66. The highest BCUT2D eigenvalue weighted by atomic mass is 32.2. The van der Waals surface area contributed by atoms with Crippen molar-refractivity contribution in [1.82, 2.24) is 5.32 Å². The molecule has 1 aliphatic carbocycles. The van der Waals surface area contributed by atoms with E-state index in [4.69, 9.17) is 0 Å². The molecule has 0 bridgehead atoms. The minimum Gasteiger partial charge on any atom is -0.310 e. The first-order valence-electron chi connectivity index (χ1n) is 5.49. The van der Waals surface area contributed by atoms with E-state index in [0.717, 1.165) is 12.1 Å². The summed E-state index contributed by atoms with van der Waals surface area (Å²) in [4.78, 5) is 0. The van der Waals surface area contributed by atoms with Crippen LogP contribution in [0, 0.1) is 5.41 Å². The van der Waals surface area contributed by atoms with Crippen molar-refractivity contribution >= 4 is 11.8 Å². The summed E-state index contributed by atoms with van der Waals surface area (Å²) in [6.45, 7) is 4.80. The molecule has 2 heteroatoms. The Labute approximate surface area is 86.0 Å². The van der Waals surface area contributed by atoms with Gasteiger partial charge in [0.1, 0.15) is 0 Å². The van der Waals surface area contributed by atoms with E-state index in [0.29, 0.717) is 5.41 Å². The number of thioether (sulfide) groups is 1. The molecule has 1 aliphatic heterocycles. The van der Waals surface area contributed by atoms with Crippen molar-refractivity contribution in [1.29, 1.82) is 0 Å². The van der Waals surface area contributed by atoms with Crippen LogP contribution in [-0.2, 0) is 0 Å². The van der Waals surface area contributed by atoms with E-state index in [9.17, 15) is 0 Å². The lowest BCUT2D eigenvalue weighted by molar-refractivity contribution is 0.356. The van der Waals surface area contributed by atoms with Gasteiger partial charge in [0.25, 0.3) is 0 Å². The predicted molar refractivity (Wildman–Crippen MR) is 60.3 cm³/mol. The molecule has 13 heavy (non-hydrogen) atoms. The maximum Gasteiger partial charge on any atom is 0.0168 e. The molecule has 1 saturated carbocycles. The van der Waals surface area contributed by atoms with Gasteiger partial charge in [0, 0.05) is 17.8 Å². The number of rotatable bonds is 2. The van der Waals surface area contributed by atoms with Crippen molar-refractivity contribution in [3.05, 3.63) is 0 Å². The molecule has 0 radical (unpaired) electrons. The minimum atomic E-state index is 0.601. The van der Waals surface area contributed by atoms with E-state index in [-0.39, 0.29) is 0 Å². The molecule has 2 aliphatic rings. The molecular formula is C11H21NS. The van der Waals surface area contributed by atoms with E-state index >= 15 is 0 Å². The molecule has 1 nitrogen and oxygen atoms in total. The van der Waals surface area contributed by atoms with Crippen LogP contribution in [0.4, 0.5) is 0 Å².